The van der Waals surface area contributed by atoms with Crippen LogP contribution in [0.25, 0.3) is 0 Å². The standard InChI is InChI=1S/C12H22N2O/c1-10(2)7-9-14-12(15)11-6-4-3-5-8-13-11/h7,11,13H,3-6,8-9H2,1-2H3,(H,14,15). The van der Waals surface area contributed by atoms with Gasteiger partial charge in [0.2, 0.25) is 5.91 Å². The van der Waals surface area contributed by atoms with Gasteiger partial charge in [-0.3, -0.25) is 4.79 Å². The second kappa shape index (κ2) is 6.62. The third kappa shape index (κ3) is 4.98. The van der Waals surface area contributed by atoms with Gasteiger partial charge in [0.1, 0.15) is 0 Å². The lowest BCUT2D eigenvalue weighted by molar-refractivity contribution is -0.123. The zero-order valence-corrected chi connectivity index (χ0v) is 9.81. The van der Waals surface area contributed by atoms with E-state index in [0.29, 0.717) is 6.54 Å². The Labute approximate surface area is 92.3 Å². The van der Waals surface area contributed by atoms with Crippen LogP contribution in [0.15, 0.2) is 11.6 Å². The largest absolute Gasteiger partial charge is 0.351 e. The van der Waals surface area contributed by atoms with Gasteiger partial charge in [-0.25, -0.2) is 0 Å². The highest BCUT2D eigenvalue weighted by Gasteiger charge is 2.18. The summed E-state index contributed by atoms with van der Waals surface area (Å²) < 4.78 is 0. The highest BCUT2D eigenvalue weighted by molar-refractivity contribution is 5.81. The SMILES string of the molecule is CC(C)=CCNC(=O)C1CCCCCN1. The highest BCUT2D eigenvalue weighted by atomic mass is 16.2. The molecule has 3 nitrogen and oxygen atoms in total. The topological polar surface area (TPSA) is 41.1 Å². The number of nitrogens with one attached hydrogen (secondary N) is 2. The number of rotatable bonds is 3. The van der Waals surface area contributed by atoms with Crippen molar-refractivity contribution in [2.45, 2.75) is 45.6 Å². The van der Waals surface area contributed by atoms with Crippen molar-refractivity contribution in [1.29, 1.82) is 0 Å². The van der Waals surface area contributed by atoms with Gasteiger partial charge in [-0.2, -0.15) is 0 Å². The van der Waals surface area contributed by atoms with E-state index in [0.717, 1.165) is 19.4 Å². The molecule has 1 saturated heterocycles. The summed E-state index contributed by atoms with van der Waals surface area (Å²) in [7, 11) is 0. The van der Waals surface area contributed by atoms with E-state index in [1.54, 1.807) is 0 Å². The molecule has 1 aliphatic heterocycles. The zero-order chi connectivity index (χ0) is 11.1. The fraction of sp³-hybridized carbons (Fsp3) is 0.750. The molecule has 1 aliphatic rings. The summed E-state index contributed by atoms with van der Waals surface area (Å²) in [6.07, 6.45) is 6.60. The number of carbonyl (C=O) groups is 1. The van der Waals surface area contributed by atoms with E-state index in [9.17, 15) is 4.79 Å². The van der Waals surface area contributed by atoms with Crippen molar-refractivity contribution in [3.63, 3.8) is 0 Å². The summed E-state index contributed by atoms with van der Waals surface area (Å²) >= 11 is 0. The lowest BCUT2D eigenvalue weighted by atomic mass is 10.1. The van der Waals surface area contributed by atoms with E-state index in [1.165, 1.54) is 18.4 Å². The summed E-state index contributed by atoms with van der Waals surface area (Å²) in [4.78, 5) is 11.7. The van der Waals surface area contributed by atoms with Crippen molar-refractivity contribution in [3.05, 3.63) is 11.6 Å². The lowest BCUT2D eigenvalue weighted by Gasteiger charge is -2.14. The Morgan fingerprint density at radius 1 is 1.40 bits per heavy atom. The summed E-state index contributed by atoms with van der Waals surface area (Å²) in [5, 5.41) is 6.22. The Bertz CT molecular complexity index is 224. The molecule has 0 spiro atoms. The Morgan fingerprint density at radius 2 is 2.20 bits per heavy atom. The van der Waals surface area contributed by atoms with Crippen molar-refractivity contribution < 1.29 is 4.79 Å². The average molecular weight is 210 g/mol. The van der Waals surface area contributed by atoms with Crippen molar-refractivity contribution in [1.82, 2.24) is 10.6 Å². The molecule has 15 heavy (non-hydrogen) atoms. The van der Waals surface area contributed by atoms with Gasteiger partial charge < -0.3 is 10.6 Å². The molecule has 1 unspecified atom stereocenters. The van der Waals surface area contributed by atoms with Crippen LogP contribution in [-0.2, 0) is 4.79 Å². The van der Waals surface area contributed by atoms with Crippen molar-refractivity contribution in [2.24, 2.45) is 0 Å². The first-order valence-corrected chi connectivity index (χ1v) is 5.84. The second-order valence-electron chi connectivity index (χ2n) is 4.38. The molecular formula is C12H22N2O. The van der Waals surface area contributed by atoms with Crippen molar-refractivity contribution in [2.75, 3.05) is 13.1 Å². The van der Waals surface area contributed by atoms with Gasteiger partial charge in [0.15, 0.2) is 0 Å². The summed E-state index contributed by atoms with van der Waals surface area (Å²) in [5.74, 6) is 0.148. The fourth-order valence-corrected chi connectivity index (χ4v) is 1.73. The zero-order valence-electron chi connectivity index (χ0n) is 9.81. The van der Waals surface area contributed by atoms with Crippen LogP contribution < -0.4 is 10.6 Å². The lowest BCUT2D eigenvalue weighted by Crippen LogP contribution is -2.43. The van der Waals surface area contributed by atoms with Gasteiger partial charge in [0, 0.05) is 6.54 Å². The fourth-order valence-electron chi connectivity index (χ4n) is 1.73. The summed E-state index contributed by atoms with van der Waals surface area (Å²) in [6, 6.07) is 0.0260. The molecule has 2 N–H and O–H groups in total. The third-order valence-electron chi connectivity index (χ3n) is 2.66. The maximum Gasteiger partial charge on any atom is 0.237 e. The van der Waals surface area contributed by atoms with Crippen LogP contribution in [0.1, 0.15) is 39.5 Å². The molecule has 0 radical (unpaired) electrons. The van der Waals surface area contributed by atoms with Gasteiger partial charge in [-0.05, 0) is 33.2 Å². The van der Waals surface area contributed by atoms with Crippen molar-refractivity contribution >= 4 is 5.91 Å². The normalized spacial score (nSPS) is 21.6. The van der Waals surface area contributed by atoms with Crippen LogP contribution in [0.2, 0.25) is 0 Å². The third-order valence-corrected chi connectivity index (χ3v) is 2.66. The molecule has 1 atom stereocenters. The summed E-state index contributed by atoms with van der Waals surface area (Å²) in [6.45, 7) is 5.70. The summed E-state index contributed by atoms with van der Waals surface area (Å²) in [5.41, 5.74) is 1.24. The minimum absolute atomic E-state index is 0.0260. The van der Waals surface area contributed by atoms with Gasteiger partial charge in [0.05, 0.1) is 6.04 Å². The molecule has 86 valence electrons. The van der Waals surface area contributed by atoms with E-state index in [1.807, 2.05) is 19.9 Å². The molecule has 0 aromatic heterocycles. The monoisotopic (exact) mass is 210 g/mol. The second-order valence-corrected chi connectivity index (χ2v) is 4.38. The van der Waals surface area contributed by atoms with E-state index >= 15 is 0 Å². The molecule has 0 bridgehead atoms. The molecule has 1 amide bonds. The predicted molar refractivity (Wildman–Crippen MR) is 62.7 cm³/mol. The van der Waals surface area contributed by atoms with Crippen molar-refractivity contribution in [3.8, 4) is 0 Å². The molecule has 1 fully saturated rings. The molecule has 1 heterocycles. The van der Waals surface area contributed by atoms with E-state index < -0.39 is 0 Å². The van der Waals surface area contributed by atoms with Crippen LogP contribution in [0.4, 0.5) is 0 Å². The van der Waals surface area contributed by atoms with E-state index in [-0.39, 0.29) is 11.9 Å². The minimum Gasteiger partial charge on any atom is -0.351 e. The highest BCUT2D eigenvalue weighted by Crippen LogP contribution is 2.08. The Balaban J connectivity index is 2.28. The Morgan fingerprint density at radius 3 is 2.93 bits per heavy atom. The molecule has 0 aromatic rings. The molecule has 0 aliphatic carbocycles. The minimum atomic E-state index is 0.0260. The Hall–Kier alpha value is -0.830. The first-order chi connectivity index (χ1) is 7.20. The Kier molecular flexibility index (Phi) is 5.40. The molecular weight excluding hydrogens is 188 g/mol. The maximum atomic E-state index is 11.7. The molecule has 0 saturated carbocycles. The number of amides is 1. The van der Waals surface area contributed by atoms with Crippen LogP contribution in [-0.4, -0.2) is 25.0 Å². The van der Waals surface area contributed by atoms with Crippen LogP contribution in [0.3, 0.4) is 0 Å². The van der Waals surface area contributed by atoms with Crippen LogP contribution in [0, 0.1) is 0 Å². The first kappa shape index (κ1) is 12.2. The quantitative estimate of drug-likeness (QED) is 0.695. The van der Waals surface area contributed by atoms with Crippen LogP contribution in [0.5, 0.6) is 0 Å². The van der Waals surface area contributed by atoms with E-state index in [4.69, 9.17) is 0 Å². The maximum absolute atomic E-state index is 11.7. The number of hydrogen-bond donors (Lipinski definition) is 2. The number of allylic oxidation sites excluding steroid dienone is 1. The van der Waals surface area contributed by atoms with E-state index in [2.05, 4.69) is 10.6 Å². The number of hydrogen-bond acceptors (Lipinski definition) is 2. The number of carbonyl (C=O) groups excluding carboxylic acids is 1. The molecule has 1 rings (SSSR count). The predicted octanol–water partition coefficient (Wildman–Crippen LogP) is 1.60. The molecule has 0 aromatic carbocycles. The average Bonchev–Trinajstić information content (AvgIpc) is 2.44. The van der Waals surface area contributed by atoms with Gasteiger partial charge in [-0.15, -0.1) is 0 Å². The smallest absolute Gasteiger partial charge is 0.237 e. The van der Waals surface area contributed by atoms with Gasteiger partial charge >= 0.3 is 0 Å². The molecule has 3 heteroatoms. The van der Waals surface area contributed by atoms with Gasteiger partial charge in [-0.1, -0.05) is 24.5 Å². The first-order valence-electron chi connectivity index (χ1n) is 5.84. The van der Waals surface area contributed by atoms with Gasteiger partial charge in [0.25, 0.3) is 0 Å². The van der Waals surface area contributed by atoms with Crippen LogP contribution >= 0.6 is 0 Å².